The highest BCUT2D eigenvalue weighted by Gasteiger charge is 2.23. The van der Waals surface area contributed by atoms with Crippen LogP contribution in [0.4, 0.5) is 17.5 Å². The van der Waals surface area contributed by atoms with E-state index in [-0.39, 0.29) is 12.1 Å². The molecule has 10 heteroatoms. The molecule has 1 aromatic carbocycles. The van der Waals surface area contributed by atoms with Gasteiger partial charge in [-0.05, 0) is 56.4 Å². The normalized spacial score (nSPS) is 19.7. The summed E-state index contributed by atoms with van der Waals surface area (Å²) in [5.74, 6) is 1.06. The Labute approximate surface area is 185 Å². The summed E-state index contributed by atoms with van der Waals surface area (Å²) in [5.41, 5.74) is 9.16. The van der Waals surface area contributed by atoms with Crippen molar-refractivity contribution in [3.05, 3.63) is 47.2 Å². The first-order chi connectivity index (χ1) is 15.0. The van der Waals surface area contributed by atoms with Gasteiger partial charge in [-0.1, -0.05) is 17.7 Å². The number of nitrogens with zero attached hydrogens (tertiary/aromatic N) is 3. The predicted octanol–water partition coefficient (Wildman–Crippen LogP) is 3.11. The Morgan fingerprint density at radius 3 is 2.71 bits per heavy atom. The molecule has 0 saturated heterocycles. The van der Waals surface area contributed by atoms with E-state index < -0.39 is 6.35 Å². The number of aryl methyl sites for hydroxylation is 1. The van der Waals surface area contributed by atoms with E-state index in [4.69, 9.17) is 17.3 Å². The van der Waals surface area contributed by atoms with E-state index in [0.717, 1.165) is 42.5 Å². The second-order valence-electron chi connectivity index (χ2n) is 7.85. The molecule has 0 amide bonds. The van der Waals surface area contributed by atoms with Crippen LogP contribution in [0, 0.1) is 6.92 Å². The molecule has 1 fully saturated rings. The number of nitrogen functional groups attached to an aromatic ring is 1. The van der Waals surface area contributed by atoms with Gasteiger partial charge in [-0.25, -0.2) is 9.97 Å². The number of aromatic nitrogens is 4. The fourth-order valence-electron chi connectivity index (χ4n) is 3.83. The Morgan fingerprint density at radius 2 is 1.97 bits per heavy atom. The molecular formula is C21H27ClN8O. The predicted molar refractivity (Wildman–Crippen MR) is 123 cm³/mol. The van der Waals surface area contributed by atoms with E-state index in [1.165, 1.54) is 0 Å². The number of benzene rings is 1. The zero-order chi connectivity index (χ0) is 21.8. The molecule has 4 rings (SSSR count). The van der Waals surface area contributed by atoms with Crippen molar-refractivity contribution < 1.29 is 5.11 Å². The molecule has 1 aliphatic carbocycles. The monoisotopic (exact) mass is 442 g/mol. The number of nitrogens with one attached hydrogen (secondary N) is 4. The van der Waals surface area contributed by atoms with Crippen molar-refractivity contribution in [1.29, 1.82) is 0 Å². The summed E-state index contributed by atoms with van der Waals surface area (Å²) in [6, 6.07) is 7.96. The van der Waals surface area contributed by atoms with Crippen LogP contribution in [0.25, 0.3) is 11.3 Å². The van der Waals surface area contributed by atoms with Gasteiger partial charge in [-0.2, -0.15) is 5.10 Å². The smallest absolute Gasteiger partial charge is 0.223 e. The minimum Gasteiger partial charge on any atom is -0.384 e. The molecule has 1 unspecified atom stereocenters. The molecule has 3 aromatic rings. The molecular weight excluding hydrogens is 416 g/mol. The largest absolute Gasteiger partial charge is 0.384 e. The van der Waals surface area contributed by atoms with Gasteiger partial charge in [0.15, 0.2) is 6.35 Å². The van der Waals surface area contributed by atoms with Crippen molar-refractivity contribution in [2.75, 3.05) is 16.4 Å². The average molecular weight is 443 g/mol. The van der Waals surface area contributed by atoms with Crippen LogP contribution in [0.1, 0.15) is 31.2 Å². The SMILES string of the molecule is Cc1ccc(Cl)c(NC(O)NC2CCC(Nc3nccc(-c4cn[nH]c4N)n3)CC2)c1. The first kappa shape index (κ1) is 21.4. The maximum absolute atomic E-state index is 10.4. The van der Waals surface area contributed by atoms with Crippen molar-refractivity contribution in [3.63, 3.8) is 0 Å². The molecule has 1 atom stereocenters. The van der Waals surface area contributed by atoms with Crippen LogP contribution >= 0.6 is 11.6 Å². The summed E-state index contributed by atoms with van der Waals surface area (Å²) in [4.78, 5) is 8.89. The van der Waals surface area contributed by atoms with Crippen LogP contribution in [0.2, 0.25) is 5.02 Å². The fourth-order valence-corrected chi connectivity index (χ4v) is 4.00. The van der Waals surface area contributed by atoms with Crippen molar-refractivity contribution in [1.82, 2.24) is 25.5 Å². The van der Waals surface area contributed by atoms with Crippen LogP contribution in [-0.4, -0.2) is 43.7 Å². The molecule has 164 valence electrons. The van der Waals surface area contributed by atoms with Crippen LogP contribution < -0.4 is 21.7 Å². The minimum atomic E-state index is -0.866. The third kappa shape index (κ3) is 5.43. The van der Waals surface area contributed by atoms with Gasteiger partial charge in [0, 0.05) is 18.3 Å². The van der Waals surface area contributed by atoms with E-state index in [1.807, 2.05) is 31.2 Å². The van der Waals surface area contributed by atoms with Crippen LogP contribution in [0.15, 0.2) is 36.7 Å². The number of rotatable bonds is 7. The van der Waals surface area contributed by atoms with E-state index in [0.29, 0.717) is 22.5 Å². The second kappa shape index (κ2) is 9.51. The standard InChI is InChI=1S/C21H27ClN8O/c1-12-2-7-16(22)18(10-12)29-21(31)27-14-5-3-13(4-6-14)26-20-24-9-8-17(28-20)15-11-25-30-19(15)23/h2,7-11,13-14,21,27,29,31H,3-6H2,1H3,(H3,23,25,30)(H,24,26,28). The highest BCUT2D eigenvalue weighted by atomic mass is 35.5. The lowest BCUT2D eigenvalue weighted by Gasteiger charge is -2.31. The Hall–Kier alpha value is -2.88. The number of hydrogen-bond acceptors (Lipinski definition) is 8. The number of aromatic amines is 1. The molecule has 1 saturated carbocycles. The summed E-state index contributed by atoms with van der Waals surface area (Å²) in [6.45, 7) is 1.99. The zero-order valence-electron chi connectivity index (χ0n) is 17.3. The summed E-state index contributed by atoms with van der Waals surface area (Å²) in [5, 5.41) is 27.3. The molecule has 2 heterocycles. The van der Waals surface area contributed by atoms with Gasteiger partial charge in [0.25, 0.3) is 0 Å². The lowest BCUT2D eigenvalue weighted by Crippen LogP contribution is -2.45. The van der Waals surface area contributed by atoms with Crippen molar-refractivity contribution >= 4 is 29.1 Å². The number of halogens is 1. The van der Waals surface area contributed by atoms with Gasteiger partial charge in [0.1, 0.15) is 5.82 Å². The molecule has 0 bridgehead atoms. The highest BCUT2D eigenvalue weighted by molar-refractivity contribution is 6.33. The summed E-state index contributed by atoms with van der Waals surface area (Å²) in [7, 11) is 0. The molecule has 0 radical (unpaired) electrons. The summed E-state index contributed by atoms with van der Waals surface area (Å²) in [6.07, 6.45) is 6.23. The Bertz CT molecular complexity index is 1020. The van der Waals surface area contributed by atoms with Gasteiger partial charge < -0.3 is 21.5 Å². The maximum Gasteiger partial charge on any atom is 0.223 e. The van der Waals surface area contributed by atoms with Crippen molar-refractivity contribution in [2.45, 2.75) is 51.0 Å². The third-order valence-corrected chi connectivity index (χ3v) is 5.80. The molecule has 7 N–H and O–H groups in total. The molecule has 1 aliphatic rings. The van der Waals surface area contributed by atoms with Crippen molar-refractivity contribution in [2.24, 2.45) is 0 Å². The number of aliphatic hydroxyl groups is 1. The van der Waals surface area contributed by atoms with Gasteiger partial charge in [-0.3, -0.25) is 10.4 Å². The zero-order valence-corrected chi connectivity index (χ0v) is 18.0. The first-order valence-corrected chi connectivity index (χ1v) is 10.7. The molecule has 0 aliphatic heterocycles. The van der Waals surface area contributed by atoms with Gasteiger partial charge in [0.2, 0.25) is 5.95 Å². The molecule has 31 heavy (non-hydrogen) atoms. The quantitative estimate of drug-likeness (QED) is 0.307. The average Bonchev–Trinajstić information content (AvgIpc) is 3.18. The molecule has 2 aromatic heterocycles. The van der Waals surface area contributed by atoms with E-state index in [9.17, 15) is 5.11 Å². The number of H-pyrrole nitrogens is 1. The number of aliphatic hydroxyl groups excluding tert-OH is 1. The van der Waals surface area contributed by atoms with Crippen LogP contribution in [0.5, 0.6) is 0 Å². The third-order valence-electron chi connectivity index (χ3n) is 5.47. The van der Waals surface area contributed by atoms with Crippen molar-refractivity contribution in [3.8, 4) is 11.3 Å². The van der Waals surface area contributed by atoms with E-state index in [1.54, 1.807) is 12.4 Å². The lowest BCUT2D eigenvalue weighted by molar-refractivity contribution is 0.137. The van der Waals surface area contributed by atoms with E-state index in [2.05, 4.69) is 36.1 Å². The maximum atomic E-state index is 10.4. The van der Waals surface area contributed by atoms with Gasteiger partial charge in [-0.15, -0.1) is 0 Å². The fraction of sp³-hybridized carbons (Fsp3) is 0.381. The first-order valence-electron chi connectivity index (χ1n) is 10.3. The topological polar surface area (TPSA) is 137 Å². The highest BCUT2D eigenvalue weighted by Crippen LogP contribution is 2.26. The Kier molecular flexibility index (Phi) is 6.55. The number of nitrogens with two attached hydrogens (primary N) is 1. The minimum absolute atomic E-state index is 0.210. The Morgan fingerprint density at radius 1 is 1.19 bits per heavy atom. The van der Waals surface area contributed by atoms with Crippen LogP contribution in [0.3, 0.4) is 0 Å². The molecule has 9 nitrogen and oxygen atoms in total. The number of anilines is 3. The Balaban J connectivity index is 1.27. The van der Waals surface area contributed by atoms with Gasteiger partial charge >= 0.3 is 0 Å². The second-order valence-corrected chi connectivity index (χ2v) is 8.26. The summed E-state index contributed by atoms with van der Waals surface area (Å²) < 4.78 is 0. The summed E-state index contributed by atoms with van der Waals surface area (Å²) >= 11 is 6.20. The number of hydrogen-bond donors (Lipinski definition) is 6. The lowest BCUT2D eigenvalue weighted by atomic mass is 9.91. The molecule has 0 spiro atoms. The van der Waals surface area contributed by atoms with Crippen LogP contribution in [-0.2, 0) is 0 Å². The van der Waals surface area contributed by atoms with Gasteiger partial charge in [0.05, 0.1) is 28.2 Å². The van der Waals surface area contributed by atoms with E-state index >= 15 is 0 Å².